The Hall–Kier alpha value is 0.0949. The third kappa shape index (κ3) is 15.0. The summed E-state index contributed by atoms with van der Waals surface area (Å²) in [6.45, 7) is 3.35. The maximum Gasteiger partial charge on any atom is 0.0401 e. The molecule has 0 atom stereocenters. The van der Waals surface area contributed by atoms with E-state index >= 15 is 0 Å². The van der Waals surface area contributed by atoms with E-state index in [4.69, 9.17) is 11.6 Å². The highest BCUT2D eigenvalue weighted by molar-refractivity contribution is 6.18. The van der Waals surface area contributed by atoms with Gasteiger partial charge < -0.3 is 0 Å². The van der Waals surface area contributed by atoms with Crippen molar-refractivity contribution >= 4 is 20.0 Å². The summed E-state index contributed by atoms with van der Waals surface area (Å²) in [7, 11) is 0. The van der Waals surface area contributed by atoms with E-state index in [1.54, 1.807) is 6.08 Å². The van der Waals surface area contributed by atoms with Crippen LogP contribution in [-0.2, 0) is 0 Å². The summed E-state index contributed by atoms with van der Waals surface area (Å²) in [5.74, 6) is 0.556. The quantitative estimate of drug-likeness (QED) is 0.255. The molecule has 0 nitrogen and oxygen atoms in total. The number of alkyl halides is 1. The van der Waals surface area contributed by atoms with Crippen molar-refractivity contribution in [1.29, 1.82) is 0 Å². The summed E-state index contributed by atoms with van der Waals surface area (Å²) >= 11 is 5.07. The predicted molar refractivity (Wildman–Crippen MR) is 26.7 cm³/mol. The van der Waals surface area contributed by atoms with Crippen LogP contribution < -0.4 is 0 Å². The van der Waals surface area contributed by atoms with Crippen LogP contribution in [0.25, 0.3) is 0 Å². The van der Waals surface area contributed by atoms with Crippen molar-refractivity contribution in [1.82, 2.24) is 0 Å². The van der Waals surface area contributed by atoms with E-state index in [2.05, 4.69) is 6.58 Å². The first kappa shape index (κ1) is 8.92. The molecule has 0 saturated carbocycles. The lowest BCUT2D eigenvalue weighted by atomic mass is 10.8. The van der Waals surface area contributed by atoms with Crippen LogP contribution >= 0.6 is 11.6 Å². The highest BCUT2D eigenvalue weighted by Gasteiger charge is 1.48. The molecule has 0 spiro atoms. The van der Waals surface area contributed by atoms with Crippen LogP contribution in [0.1, 0.15) is 0 Å². The molecular weight excluding hydrogens is 82.3 g/mol. The first-order chi connectivity index (χ1) is 1.91. The van der Waals surface area contributed by atoms with E-state index in [1.807, 2.05) is 0 Å². The topological polar surface area (TPSA) is 0 Å². The highest BCUT2D eigenvalue weighted by Crippen LogP contribution is 1.67. The lowest BCUT2D eigenvalue weighted by Gasteiger charge is -1.55. The van der Waals surface area contributed by atoms with E-state index in [-0.39, 0.29) is 8.41 Å². The monoisotopic (exact) mass is 87.0 g/mol. The number of allylic oxidation sites excluding steroid dienone is 1. The summed E-state index contributed by atoms with van der Waals surface area (Å²) in [4.78, 5) is 0. The minimum atomic E-state index is 0. The summed E-state index contributed by atoms with van der Waals surface area (Å²) in [5, 5.41) is 0. The molecule has 2 heteroatoms. The van der Waals surface area contributed by atoms with Gasteiger partial charge in [0.25, 0.3) is 0 Å². The van der Waals surface area contributed by atoms with Gasteiger partial charge in [0.15, 0.2) is 0 Å². The molecular formula is C3H5BCl. The number of hydrogen-bond acceptors (Lipinski definition) is 0. The van der Waals surface area contributed by atoms with Crippen LogP contribution in [0, 0.1) is 0 Å². The molecule has 0 aromatic heterocycles. The first-order valence-electron chi connectivity index (χ1n) is 1.08. The molecule has 0 aromatic carbocycles. The number of hydrogen-bond donors (Lipinski definition) is 0. The molecule has 0 amide bonds. The van der Waals surface area contributed by atoms with E-state index in [0.29, 0.717) is 5.88 Å². The van der Waals surface area contributed by atoms with Gasteiger partial charge in [-0.25, -0.2) is 0 Å². The van der Waals surface area contributed by atoms with Crippen molar-refractivity contribution in [2.75, 3.05) is 5.88 Å². The Morgan fingerprint density at radius 2 is 2.00 bits per heavy atom. The Morgan fingerprint density at radius 1 is 1.80 bits per heavy atom. The Kier molecular flexibility index (Phi) is 15.9. The van der Waals surface area contributed by atoms with Gasteiger partial charge in [0.05, 0.1) is 0 Å². The molecule has 0 aliphatic carbocycles. The average Bonchev–Trinajstić information content (AvgIpc) is 1.37. The normalized spacial score (nSPS) is 5.00. The van der Waals surface area contributed by atoms with E-state index in [1.165, 1.54) is 0 Å². The van der Waals surface area contributed by atoms with Gasteiger partial charge in [-0.15, -0.1) is 18.2 Å². The zero-order valence-electron chi connectivity index (χ0n) is 2.95. The van der Waals surface area contributed by atoms with Gasteiger partial charge in [-0.2, -0.15) is 0 Å². The molecule has 0 N–H and O–H groups in total. The van der Waals surface area contributed by atoms with Crippen LogP contribution in [0.3, 0.4) is 0 Å². The molecule has 0 saturated heterocycles. The maximum absolute atomic E-state index is 5.07. The second-order valence-corrected chi connectivity index (χ2v) is 0.752. The van der Waals surface area contributed by atoms with Crippen LogP contribution in [0.5, 0.6) is 0 Å². The standard InChI is InChI=1S/C3H5Cl.B/c1-2-3-4;/h2H,1,3H2;. The molecule has 0 aromatic rings. The first-order valence-corrected chi connectivity index (χ1v) is 1.62. The summed E-state index contributed by atoms with van der Waals surface area (Å²) < 4.78 is 0. The van der Waals surface area contributed by atoms with E-state index in [9.17, 15) is 0 Å². The lowest BCUT2D eigenvalue weighted by Crippen LogP contribution is -1.45. The summed E-state index contributed by atoms with van der Waals surface area (Å²) in [6.07, 6.45) is 1.64. The Morgan fingerprint density at radius 3 is 2.00 bits per heavy atom. The Labute approximate surface area is 39.4 Å². The van der Waals surface area contributed by atoms with Gasteiger partial charge in [-0.05, 0) is 0 Å². The molecule has 0 bridgehead atoms. The molecule has 0 aliphatic heterocycles. The van der Waals surface area contributed by atoms with Gasteiger partial charge >= 0.3 is 0 Å². The van der Waals surface area contributed by atoms with Gasteiger partial charge in [-0.3, -0.25) is 0 Å². The van der Waals surface area contributed by atoms with Crippen molar-refractivity contribution in [3.05, 3.63) is 12.7 Å². The Bertz CT molecular complexity index is 20.9. The minimum Gasteiger partial charge on any atom is -0.122 e. The van der Waals surface area contributed by atoms with Crippen LogP contribution in [0.4, 0.5) is 0 Å². The summed E-state index contributed by atoms with van der Waals surface area (Å²) in [5.41, 5.74) is 0. The second-order valence-electron chi connectivity index (χ2n) is 0.443. The Balaban J connectivity index is 0. The molecule has 0 aliphatic rings. The molecule has 27 valence electrons. The largest absolute Gasteiger partial charge is 0.122 e. The van der Waals surface area contributed by atoms with Crippen LogP contribution in [0.2, 0.25) is 0 Å². The third-order valence-electron chi connectivity index (χ3n) is 0.109. The fourth-order valence-electron chi connectivity index (χ4n) is 0. The maximum atomic E-state index is 5.07. The zero-order chi connectivity index (χ0) is 3.41. The van der Waals surface area contributed by atoms with Crippen molar-refractivity contribution in [2.45, 2.75) is 0 Å². The van der Waals surface area contributed by atoms with Crippen molar-refractivity contribution in [3.63, 3.8) is 0 Å². The van der Waals surface area contributed by atoms with Gasteiger partial charge in [0.2, 0.25) is 0 Å². The molecule has 0 fully saturated rings. The van der Waals surface area contributed by atoms with E-state index < -0.39 is 0 Å². The lowest BCUT2D eigenvalue weighted by molar-refractivity contribution is 1.80. The predicted octanol–water partition coefficient (Wildman–Crippen LogP) is 1.03. The number of halogens is 1. The van der Waals surface area contributed by atoms with Crippen molar-refractivity contribution < 1.29 is 0 Å². The van der Waals surface area contributed by atoms with Crippen LogP contribution in [-0.4, -0.2) is 14.3 Å². The summed E-state index contributed by atoms with van der Waals surface area (Å²) in [6, 6.07) is 0. The fraction of sp³-hybridized carbons (Fsp3) is 0.333. The average molecular weight is 87.3 g/mol. The van der Waals surface area contributed by atoms with Gasteiger partial charge in [0.1, 0.15) is 0 Å². The fourth-order valence-corrected chi connectivity index (χ4v) is 0. The SMILES string of the molecule is C=CCCl.[B]. The second kappa shape index (κ2) is 8.94. The number of rotatable bonds is 1. The molecule has 0 heterocycles. The molecule has 3 radical (unpaired) electrons. The van der Waals surface area contributed by atoms with Crippen LogP contribution in [0.15, 0.2) is 12.7 Å². The molecule has 0 rings (SSSR count). The van der Waals surface area contributed by atoms with Crippen molar-refractivity contribution in [3.8, 4) is 0 Å². The van der Waals surface area contributed by atoms with E-state index in [0.717, 1.165) is 0 Å². The van der Waals surface area contributed by atoms with Gasteiger partial charge in [-0.1, -0.05) is 6.08 Å². The van der Waals surface area contributed by atoms with Crippen molar-refractivity contribution in [2.24, 2.45) is 0 Å². The smallest absolute Gasteiger partial charge is 0.0401 e. The minimum absolute atomic E-state index is 0. The zero-order valence-corrected chi connectivity index (χ0v) is 3.70. The molecule has 5 heavy (non-hydrogen) atoms. The highest BCUT2D eigenvalue weighted by atomic mass is 35.5. The van der Waals surface area contributed by atoms with Gasteiger partial charge in [0, 0.05) is 14.3 Å². The molecule has 0 unspecified atom stereocenters. The third-order valence-corrected chi connectivity index (χ3v) is 0.327.